The van der Waals surface area contributed by atoms with Crippen LogP contribution in [0.25, 0.3) is 0 Å². The van der Waals surface area contributed by atoms with E-state index in [0.29, 0.717) is 30.0 Å². The Hall–Kier alpha value is -3.13. The van der Waals surface area contributed by atoms with Gasteiger partial charge in [0.2, 0.25) is 0 Å². The number of benzene rings is 1. The molecule has 0 unspecified atom stereocenters. The Labute approximate surface area is 166 Å². The third-order valence-electron chi connectivity index (χ3n) is 3.49. The van der Waals surface area contributed by atoms with Gasteiger partial charge in [-0.3, -0.25) is 4.79 Å². The Kier molecular flexibility index (Phi) is 7.76. The van der Waals surface area contributed by atoms with Crippen molar-refractivity contribution in [1.82, 2.24) is 10.3 Å². The molecule has 0 atom stereocenters. The van der Waals surface area contributed by atoms with Crippen LogP contribution in [0.2, 0.25) is 5.02 Å². The van der Waals surface area contributed by atoms with Crippen molar-refractivity contribution in [3.05, 3.63) is 65.2 Å². The van der Waals surface area contributed by atoms with Gasteiger partial charge in [-0.2, -0.15) is 0 Å². The Morgan fingerprint density at radius 2 is 2.07 bits per heavy atom. The van der Waals surface area contributed by atoms with Crippen LogP contribution in [0.15, 0.2) is 48.8 Å². The van der Waals surface area contributed by atoms with Gasteiger partial charge in [0.05, 0.1) is 17.7 Å². The zero-order valence-corrected chi connectivity index (χ0v) is 15.9. The second-order valence-corrected chi connectivity index (χ2v) is 6.02. The highest BCUT2D eigenvalue weighted by Crippen LogP contribution is 2.20. The molecule has 2 aromatic rings. The van der Waals surface area contributed by atoms with Gasteiger partial charge in [-0.25, -0.2) is 14.2 Å². The van der Waals surface area contributed by atoms with Crippen LogP contribution in [0.1, 0.15) is 16.8 Å². The number of rotatable bonds is 9. The highest BCUT2D eigenvalue weighted by atomic mass is 35.5. The van der Waals surface area contributed by atoms with E-state index in [1.807, 2.05) is 0 Å². The SMILES string of the molecule is C=C(CCNc1cc(C(=O)OC)ccn1)NC(=O)COc1ccc(Cl)c(F)c1. The lowest BCUT2D eigenvalue weighted by molar-refractivity contribution is -0.122. The molecule has 1 amide bonds. The zero-order valence-electron chi connectivity index (χ0n) is 15.1. The Morgan fingerprint density at radius 1 is 1.29 bits per heavy atom. The second kappa shape index (κ2) is 10.3. The summed E-state index contributed by atoms with van der Waals surface area (Å²) in [6, 6.07) is 7.02. The van der Waals surface area contributed by atoms with Crippen LogP contribution in [-0.2, 0) is 9.53 Å². The molecule has 1 aromatic heterocycles. The van der Waals surface area contributed by atoms with Gasteiger partial charge in [-0.05, 0) is 24.3 Å². The summed E-state index contributed by atoms with van der Waals surface area (Å²) in [4.78, 5) is 27.4. The van der Waals surface area contributed by atoms with Crippen molar-refractivity contribution in [2.24, 2.45) is 0 Å². The van der Waals surface area contributed by atoms with Crippen LogP contribution in [-0.4, -0.2) is 37.1 Å². The molecule has 7 nitrogen and oxygen atoms in total. The number of anilines is 1. The number of nitrogens with zero attached hydrogens (tertiary/aromatic N) is 1. The largest absolute Gasteiger partial charge is 0.484 e. The van der Waals surface area contributed by atoms with Gasteiger partial charge < -0.3 is 20.1 Å². The van der Waals surface area contributed by atoms with Crippen molar-refractivity contribution in [3.63, 3.8) is 0 Å². The number of esters is 1. The maximum atomic E-state index is 13.3. The summed E-state index contributed by atoms with van der Waals surface area (Å²) in [5.41, 5.74) is 0.843. The number of hydrogen-bond acceptors (Lipinski definition) is 6. The fraction of sp³-hybridized carbons (Fsp3) is 0.211. The van der Waals surface area contributed by atoms with E-state index in [2.05, 4.69) is 26.9 Å². The molecule has 0 radical (unpaired) electrons. The molecule has 1 aromatic carbocycles. The molecule has 1 heterocycles. The van der Waals surface area contributed by atoms with E-state index in [4.69, 9.17) is 16.3 Å². The van der Waals surface area contributed by atoms with Crippen LogP contribution < -0.4 is 15.4 Å². The molecule has 0 saturated carbocycles. The number of nitrogens with one attached hydrogen (secondary N) is 2. The lowest BCUT2D eigenvalue weighted by Crippen LogP contribution is -2.28. The molecule has 0 spiro atoms. The monoisotopic (exact) mass is 407 g/mol. The van der Waals surface area contributed by atoms with Crippen LogP contribution in [0.4, 0.5) is 10.2 Å². The topological polar surface area (TPSA) is 89.5 Å². The molecule has 0 aliphatic carbocycles. The van der Waals surface area contributed by atoms with Gasteiger partial charge in [0, 0.05) is 30.9 Å². The minimum atomic E-state index is -0.625. The van der Waals surface area contributed by atoms with Gasteiger partial charge in [0.15, 0.2) is 6.61 Å². The number of ether oxygens (including phenoxy) is 2. The second-order valence-electron chi connectivity index (χ2n) is 5.61. The molecule has 2 rings (SSSR count). The van der Waals surface area contributed by atoms with Crippen LogP contribution in [0, 0.1) is 5.82 Å². The van der Waals surface area contributed by atoms with E-state index in [-0.39, 0.29) is 17.4 Å². The zero-order chi connectivity index (χ0) is 20.5. The van der Waals surface area contributed by atoms with Crippen LogP contribution >= 0.6 is 11.6 Å². The maximum absolute atomic E-state index is 13.3. The van der Waals surface area contributed by atoms with Gasteiger partial charge >= 0.3 is 5.97 Å². The van der Waals surface area contributed by atoms with E-state index in [1.165, 1.54) is 25.4 Å². The normalized spacial score (nSPS) is 10.1. The lowest BCUT2D eigenvalue weighted by atomic mass is 10.2. The van der Waals surface area contributed by atoms with E-state index in [0.717, 1.165) is 6.07 Å². The van der Waals surface area contributed by atoms with Crippen molar-refractivity contribution in [3.8, 4) is 5.75 Å². The molecule has 2 N–H and O–H groups in total. The number of methoxy groups -OCH3 is 1. The van der Waals surface area contributed by atoms with Gasteiger partial charge in [-0.15, -0.1) is 0 Å². The number of amides is 1. The highest BCUT2D eigenvalue weighted by Gasteiger charge is 2.08. The summed E-state index contributed by atoms with van der Waals surface area (Å²) in [5.74, 6) is -0.815. The van der Waals surface area contributed by atoms with Crippen LogP contribution in [0.5, 0.6) is 5.75 Å². The number of aromatic nitrogens is 1. The first-order valence-corrected chi connectivity index (χ1v) is 8.60. The average Bonchev–Trinajstić information content (AvgIpc) is 2.68. The first-order chi connectivity index (χ1) is 13.4. The summed E-state index contributed by atoms with van der Waals surface area (Å²) in [6.07, 6.45) is 1.91. The minimum absolute atomic E-state index is 0.0238. The molecule has 0 fully saturated rings. The molecule has 28 heavy (non-hydrogen) atoms. The average molecular weight is 408 g/mol. The summed E-state index contributed by atoms with van der Waals surface area (Å²) in [7, 11) is 1.30. The van der Waals surface area contributed by atoms with Crippen molar-refractivity contribution in [2.45, 2.75) is 6.42 Å². The molecule has 148 valence electrons. The predicted molar refractivity (Wildman–Crippen MR) is 103 cm³/mol. The third kappa shape index (κ3) is 6.55. The summed E-state index contributed by atoms with van der Waals surface area (Å²) < 4.78 is 23.2. The van der Waals surface area contributed by atoms with Crippen molar-refractivity contribution >= 4 is 29.3 Å². The number of hydrogen-bond donors (Lipinski definition) is 2. The fourth-order valence-electron chi connectivity index (χ4n) is 2.12. The Bertz CT molecular complexity index is 876. The highest BCUT2D eigenvalue weighted by molar-refractivity contribution is 6.30. The van der Waals surface area contributed by atoms with E-state index in [9.17, 15) is 14.0 Å². The molecule has 9 heteroatoms. The summed E-state index contributed by atoms with van der Waals surface area (Å²) >= 11 is 5.58. The molecular weight excluding hydrogens is 389 g/mol. The summed E-state index contributed by atoms with van der Waals surface area (Å²) in [6.45, 7) is 3.90. The molecule has 0 aliphatic heterocycles. The summed E-state index contributed by atoms with van der Waals surface area (Å²) in [5, 5.41) is 5.59. The number of halogens is 2. The Morgan fingerprint density at radius 3 is 2.79 bits per heavy atom. The lowest BCUT2D eigenvalue weighted by Gasteiger charge is -2.11. The van der Waals surface area contributed by atoms with E-state index in [1.54, 1.807) is 12.1 Å². The third-order valence-corrected chi connectivity index (χ3v) is 3.80. The van der Waals surface area contributed by atoms with Crippen molar-refractivity contribution in [1.29, 1.82) is 0 Å². The predicted octanol–water partition coefficient (Wildman–Crippen LogP) is 3.17. The molecular formula is C19H19ClFN3O4. The molecule has 0 saturated heterocycles. The van der Waals surface area contributed by atoms with Gasteiger partial charge in [0.1, 0.15) is 17.4 Å². The first kappa shape index (κ1) is 21.2. The minimum Gasteiger partial charge on any atom is -0.484 e. The fourth-order valence-corrected chi connectivity index (χ4v) is 2.24. The number of carbonyl (C=O) groups excluding carboxylic acids is 2. The van der Waals surface area contributed by atoms with E-state index < -0.39 is 17.7 Å². The maximum Gasteiger partial charge on any atom is 0.338 e. The van der Waals surface area contributed by atoms with Crippen LogP contribution in [0.3, 0.4) is 0 Å². The first-order valence-electron chi connectivity index (χ1n) is 8.22. The van der Waals surface area contributed by atoms with Gasteiger partial charge in [-0.1, -0.05) is 18.2 Å². The van der Waals surface area contributed by atoms with E-state index >= 15 is 0 Å². The smallest absolute Gasteiger partial charge is 0.338 e. The van der Waals surface area contributed by atoms with Crippen molar-refractivity contribution in [2.75, 3.05) is 25.6 Å². The molecule has 0 bridgehead atoms. The van der Waals surface area contributed by atoms with Crippen molar-refractivity contribution < 1.29 is 23.5 Å². The van der Waals surface area contributed by atoms with Gasteiger partial charge in [0.25, 0.3) is 5.91 Å². The Balaban J connectivity index is 1.72. The number of pyridine rings is 1. The molecule has 0 aliphatic rings. The standard InChI is InChI=1S/C19H19ClFN3O4/c1-12(5-7-22-17-9-13(6-8-23-17)19(26)27-2)24-18(25)11-28-14-3-4-15(20)16(21)10-14/h3-4,6,8-10H,1,5,7,11H2,2H3,(H,22,23)(H,24,25). The quantitative estimate of drug-likeness (QED) is 0.620. The number of carbonyl (C=O) groups is 2.